The van der Waals surface area contributed by atoms with Crippen molar-refractivity contribution < 1.29 is 33.0 Å². The summed E-state index contributed by atoms with van der Waals surface area (Å²) in [6.45, 7) is 9.44. The van der Waals surface area contributed by atoms with Gasteiger partial charge in [0.05, 0.1) is 6.61 Å². The van der Waals surface area contributed by atoms with Crippen LogP contribution in [-0.2, 0) is 32.8 Å². The van der Waals surface area contributed by atoms with Crippen molar-refractivity contribution >= 4 is 23.4 Å². The van der Waals surface area contributed by atoms with Crippen molar-refractivity contribution in [2.75, 3.05) is 5.32 Å². The lowest BCUT2D eigenvalue weighted by atomic mass is 9.69. The first-order chi connectivity index (χ1) is 21.9. The average molecular weight is 632 g/mol. The van der Waals surface area contributed by atoms with E-state index in [0.29, 0.717) is 22.7 Å². The molecule has 12 heteroatoms. The Balaban J connectivity index is 1.46. The van der Waals surface area contributed by atoms with E-state index in [4.69, 9.17) is 18.9 Å². The number of aliphatic hydroxyl groups excluding tert-OH is 1. The third-order valence-electron chi connectivity index (χ3n) is 9.18. The highest BCUT2D eigenvalue weighted by Crippen LogP contribution is 2.60. The number of hydrogen-bond acceptors (Lipinski definition) is 9. The van der Waals surface area contributed by atoms with Crippen LogP contribution < -0.4 is 20.7 Å². The van der Waals surface area contributed by atoms with Gasteiger partial charge in [0.2, 0.25) is 23.6 Å². The number of rotatable bonds is 5. The number of fused-ring (bicyclic) bond motifs is 4. The van der Waals surface area contributed by atoms with Gasteiger partial charge in [-0.2, -0.15) is 0 Å². The third kappa shape index (κ3) is 4.81. The van der Waals surface area contributed by atoms with Crippen molar-refractivity contribution in [2.45, 2.75) is 89.9 Å². The van der Waals surface area contributed by atoms with E-state index in [2.05, 4.69) is 20.9 Å². The summed E-state index contributed by atoms with van der Waals surface area (Å²) in [7, 11) is 0. The van der Waals surface area contributed by atoms with Crippen LogP contribution in [0.15, 0.2) is 52.1 Å². The van der Waals surface area contributed by atoms with Gasteiger partial charge in [-0.05, 0) is 46.7 Å². The molecule has 46 heavy (non-hydrogen) atoms. The molecule has 4 bridgehead atoms. The second-order valence-corrected chi connectivity index (χ2v) is 14.0. The fourth-order valence-electron chi connectivity index (χ4n) is 7.09. The fourth-order valence-corrected chi connectivity index (χ4v) is 7.09. The fraction of sp³-hybridized carbons (Fsp3) is 0.471. The Morgan fingerprint density at radius 3 is 2.67 bits per heavy atom. The molecule has 2 amide bonds. The first-order valence-corrected chi connectivity index (χ1v) is 15.6. The first-order valence-electron chi connectivity index (χ1n) is 15.6. The molecular weight excluding hydrogens is 593 g/mol. The van der Waals surface area contributed by atoms with E-state index >= 15 is 4.39 Å². The van der Waals surface area contributed by atoms with Crippen LogP contribution in [0.25, 0.3) is 0 Å². The molecule has 0 saturated carbocycles. The van der Waals surface area contributed by atoms with Crippen molar-refractivity contribution in [3.63, 3.8) is 0 Å². The van der Waals surface area contributed by atoms with Gasteiger partial charge in [0.15, 0.2) is 18.4 Å². The maximum atomic E-state index is 15.1. The van der Waals surface area contributed by atoms with Crippen LogP contribution in [0.5, 0.6) is 5.75 Å². The quantitative estimate of drug-likeness (QED) is 0.332. The van der Waals surface area contributed by atoms with E-state index in [1.165, 1.54) is 18.4 Å². The highest BCUT2D eigenvalue weighted by atomic mass is 19.1. The van der Waals surface area contributed by atoms with Crippen LogP contribution in [-0.4, -0.2) is 52.2 Å². The molecule has 3 aromatic rings. The van der Waals surface area contributed by atoms with Crippen LogP contribution in [0.2, 0.25) is 0 Å². The molecule has 1 aromatic heterocycles. The van der Waals surface area contributed by atoms with Crippen molar-refractivity contribution in [2.24, 2.45) is 16.3 Å². The number of aromatic nitrogens is 1. The summed E-state index contributed by atoms with van der Waals surface area (Å²) in [5.41, 5.74) is 1.43. The molecule has 1 spiro atoms. The number of hydrogen-bond donors (Lipinski definition) is 4. The van der Waals surface area contributed by atoms with Crippen LogP contribution in [0.1, 0.15) is 75.4 Å². The van der Waals surface area contributed by atoms with E-state index in [-0.39, 0.29) is 49.0 Å². The molecular formula is C34H38FN5O6. The molecule has 4 N–H and O–H groups in total. The number of nitrogens with zero attached hydrogens (tertiary/aromatic N) is 2. The number of halogens is 1. The van der Waals surface area contributed by atoms with Crippen LogP contribution >= 0.6 is 0 Å². The zero-order valence-electron chi connectivity index (χ0n) is 26.4. The van der Waals surface area contributed by atoms with Gasteiger partial charge in [-0.15, -0.1) is 0 Å². The molecule has 3 unspecified atom stereocenters. The molecule has 0 aliphatic carbocycles. The molecule has 4 aliphatic rings. The molecule has 0 radical (unpaired) electrons. The van der Waals surface area contributed by atoms with Crippen LogP contribution in [0.4, 0.5) is 10.1 Å². The number of anilines is 1. The van der Waals surface area contributed by atoms with E-state index in [1.54, 1.807) is 6.07 Å². The van der Waals surface area contributed by atoms with E-state index in [0.717, 1.165) is 11.1 Å². The lowest BCUT2D eigenvalue weighted by molar-refractivity contribution is -0.130. The van der Waals surface area contributed by atoms with Gasteiger partial charge in [-0.3, -0.25) is 9.59 Å². The second-order valence-electron chi connectivity index (χ2n) is 14.0. The minimum absolute atomic E-state index is 0.109. The van der Waals surface area contributed by atoms with E-state index in [9.17, 15) is 14.7 Å². The molecule has 2 aromatic carbocycles. The number of aliphatic hydroxyl groups is 1. The highest BCUT2D eigenvalue weighted by Gasteiger charge is 2.66. The zero-order chi connectivity index (χ0) is 32.5. The van der Waals surface area contributed by atoms with Gasteiger partial charge in [-0.25, -0.2) is 14.4 Å². The van der Waals surface area contributed by atoms with Crippen LogP contribution in [0.3, 0.4) is 0 Å². The minimum atomic E-state index is -1.13. The van der Waals surface area contributed by atoms with Gasteiger partial charge in [0.25, 0.3) is 0 Å². The highest BCUT2D eigenvalue weighted by molar-refractivity contribution is 5.94. The van der Waals surface area contributed by atoms with Gasteiger partial charge in [0, 0.05) is 24.1 Å². The van der Waals surface area contributed by atoms with Gasteiger partial charge >= 0.3 is 0 Å². The Morgan fingerprint density at radius 1 is 1.15 bits per heavy atom. The molecule has 0 saturated heterocycles. The number of amides is 2. The van der Waals surface area contributed by atoms with E-state index in [1.807, 2.05) is 52.8 Å². The number of nitrogens with one attached hydrogen (secondary N) is 3. The lowest BCUT2D eigenvalue weighted by Gasteiger charge is -2.38. The lowest BCUT2D eigenvalue weighted by Crippen LogP contribution is -2.57. The monoisotopic (exact) mass is 631 g/mol. The Morgan fingerprint density at radius 2 is 1.96 bits per heavy atom. The van der Waals surface area contributed by atoms with Crippen molar-refractivity contribution in [1.82, 2.24) is 15.6 Å². The summed E-state index contributed by atoms with van der Waals surface area (Å²) < 4.78 is 34.4. The number of ether oxygens (including phenoxy) is 2. The largest absolute Gasteiger partial charge is 0.472 e. The Bertz CT molecular complexity index is 1750. The third-order valence-corrected chi connectivity index (χ3v) is 9.18. The molecule has 0 fully saturated rings. The average Bonchev–Trinajstić information content (AvgIpc) is 3.75. The molecule has 11 nitrogen and oxygen atoms in total. The maximum Gasteiger partial charge on any atom is 0.243 e. The molecule has 4 aliphatic heterocycles. The summed E-state index contributed by atoms with van der Waals surface area (Å²) in [6, 6.07) is 7.76. The molecule has 5 heterocycles. The number of carbonyl (C=O) groups excluding carboxylic acids is 2. The van der Waals surface area contributed by atoms with Gasteiger partial charge in [0.1, 0.15) is 41.0 Å². The van der Waals surface area contributed by atoms with Gasteiger partial charge < -0.3 is 34.9 Å². The van der Waals surface area contributed by atoms with Gasteiger partial charge in [-0.1, -0.05) is 46.8 Å². The minimum Gasteiger partial charge on any atom is -0.472 e. The smallest absolute Gasteiger partial charge is 0.243 e. The molecule has 7 rings (SSSR count). The second kappa shape index (κ2) is 10.8. The van der Waals surface area contributed by atoms with E-state index < -0.39 is 47.1 Å². The first kappa shape index (κ1) is 30.2. The number of benzene rings is 2. The predicted octanol–water partition coefficient (Wildman–Crippen LogP) is 3.89. The summed E-state index contributed by atoms with van der Waals surface area (Å²) in [6.07, 6.45) is 0.303. The SMILES string of the molecule is CC(C)CC(=O)NC1Cc2ccc3c(c2)[C@@]2(c4cc(F)ccc4N[C@@H]2O3)C2OC(=NC2c2nc(CO)co2)[C@H](C(C)(C)C)NC1=O. The Kier molecular flexibility index (Phi) is 7.11. The Labute approximate surface area is 266 Å². The normalized spacial score (nSPS) is 27.7. The van der Waals surface area contributed by atoms with Crippen LogP contribution in [0, 0.1) is 17.2 Å². The Hall–Kier alpha value is -4.45. The summed E-state index contributed by atoms with van der Waals surface area (Å²) in [5, 5.41) is 19.3. The number of carbonyl (C=O) groups is 2. The van der Waals surface area contributed by atoms with Crippen molar-refractivity contribution in [1.29, 1.82) is 0 Å². The number of aliphatic imine (C=N–C) groups is 1. The van der Waals surface area contributed by atoms with Crippen molar-refractivity contribution in [3.05, 3.63) is 76.8 Å². The van der Waals surface area contributed by atoms with Crippen molar-refractivity contribution in [3.8, 4) is 5.75 Å². The standard InChI is InChI=1S/C34H38FN5O6/c1-16(2)10-25(42)37-23-12-17-6-9-24-21(11-17)34(20-13-18(35)7-8-22(20)38-32(34)45-24)28-26(30-36-19(14-41)15-44-30)39-31(46-28)27(33(3,4)5)40-29(23)43/h6-9,11,13,15-16,23,26-28,32,38,41H,10,12,14H2,1-5H3,(H,37,42)(H,40,43)/t23?,26?,27-,28?,32-,34+/m1/s1. The topological polar surface area (TPSA) is 147 Å². The maximum absolute atomic E-state index is 15.1. The molecule has 6 atom stereocenters. The summed E-state index contributed by atoms with van der Waals surface area (Å²) >= 11 is 0. The molecule has 242 valence electrons. The number of oxazole rings is 1. The summed E-state index contributed by atoms with van der Waals surface area (Å²) in [5.74, 6) is 0.116. The zero-order valence-corrected chi connectivity index (χ0v) is 26.4. The summed E-state index contributed by atoms with van der Waals surface area (Å²) in [4.78, 5) is 36.6. The predicted molar refractivity (Wildman–Crippen MR) is 166 cm³/mol.